The number of rotatable bonds is 5. The fraction of sp³-hybridized carbons (Fsp3) is 0.667. The average molecular weight is 229 g/mol. The van der Waals surface area contributed by atoms with Crippen LogP contribution in [0, 0.1) is 17.2 Å². The molecule has 0 aromatic rings. The number of urea groups is 1. The minimum Gasteiger partial charge on any atom is -0.480 e. The first-order chi connectivity index (χ1) is 7.42. The maximum absolute atomic E-state index is 11.4. The van der Waals surface area contributed by atoms with Crippen LogP contribution in [0.25, 0.3) is 0 Å². The van der Waals surface area contributed by atoms with Gasteiger partial charge in [-0.2, -0.15) is 5.26 Å². The van der Waals surface area contributed by atoms with E-state index in [4.69, 9.17) is 15.5 Å². The second kappa shape index (κ2) is 6.63. The minimum absolute atomic E-state index is 0.195. The fourth-order valence-electron chi connectivity index (χ4n) is 0.979. The van der Waals surface area contributed by atoms with Crippen molar-refractivity contribution < 1.29 is 19.8 Å². The zero-order valence-corrected chi connectivity index (χ0v) is 9.17. The first-order valence-electron chi connectivity index (χ1n) is 4.67. The Bertz CT molecular complexity index is 300. The van der Waals surface area contributed by atoms with Crippen molar-refractivity contribution in [3.63, 3.8) is 0 Å². The highest BCUT2D eigenvalue weighted by Gasteiger charge is 2.21. The molecule has 0 bridgehead atoms. The van der Waals surface area contributed by atoms with Gasteiger partial charge in [0, 0.05) is 13.6 Å². The molecule has 2 amide bonds. The Labute approximate surface area is 93.3 Å². The smallest absolute Gasteiger partial charge is 0.328 e. The van der Waals surface area contributed by atoms with E-state index in [1.807, 2.05) is 6.07 Å². The number of aliphatic hydroxyl groups excluding tert-OH is 1. The summed E-state index contributed by atoms with van der Waals surface area (Å²) < 4.78 is 0. The van der Waals surface area contributed by atoms with Crippen LogP contribution < -0.4 is 5.32 Å². The summed E-state index contributed by atoms with van der Waals surface area (Å²) in [4.78, 5) is 23.1. The van der Waals surface area contributed by atoms with Crippen LogP contribution >= 0.6 is 0 Å². The van der Waals surface area contributed by atoms with Crippen LogP contribution in [0.1, 0.15) is 6.92 Å². The van der Waals surface area contributed by atoms with Crippen molar-refractivity contribution in [2.45, 2.75) is 13.0 Å². The first-order valence-corrected chi connectivity index (χ1v) is 4.67. The highest BCUT2D eigenvalue weighted by molar-refractivity contribution is 5.82. The van der Waals surface area contributed by atoms with Crippen LogP contribution in [-0.2, 0) is 4.79 Å². The molecule has 0 saturated carbocycles. The van der Waals surface area contributed by atoms with Gasteiger partial charge in [0.25, 0.3) is 0 Å². The van der Waals surface area contributed by atoms with Crippen LogP contribution in [0.2, 0.25) is 0 Å². The molecule has 0 radical (unpaired) electrons. The summed E-state index contributed by atoms with van der Waals surface area (Å²) in [7, 11) is 1.44. The Morgan fingerprint density at radius 1 is 1.56 bits per heavy atom. The topological polar surface area (TPSA) is 114 Å². The summed E-state index contributed by atoms with van der Waals surface area (Å²) in [5.74, 6) is -1.65. The zero-order valence-electron chi connectivity index (χ0n) is 9.17. The second-order valence-electron chi connectivity index (χ2n) is 3.43. The Morgan fingerprint density at radius 3 is 2.50 bits per heavy atom. The molecule has 2 unspecified atom stereocenters. The standard InChI is InChI=1S/C9H15N3O4/c1-6(3-10)4-12(2)9(16)11-7(5-13)8(14)15/h6-7,13H,4-5H2,1-2H3,(H,11,16)(H,14,15). The summed E-state index contributed by atoms with van der Waals surface area (Å²) in [5, 5.41) is 27.9. The number of aliphatic carboxylic acids is 1. The third-order valence-electron chi connectivity index (χ3n) is 1.89. The molecule has 7 nitrogen and oxygen atoms in total. The molecule has 0 fully saturated rings. The second-order valence-corrected chi connectivity index (χ2v) is 3.43. The molecule has 0 saturated heterocycles. The van der Waals surface area contributed by atoms with Gasteiger partial charge in [-0.1, -0.05) is 0 Å². The number of nitriles is 1. The van der Waals surface area contributed by atoms with Crippen molar-refractivity contribution in [2.24, 2.45) is 5.92 Å². The molecule has 0 aliphatic heterocycles. The first kappa shape index (κ1) is 14.2. The minimum atomic E-state index is -1.33. The van der Waals surface area contributed by atoms with E-state index in [2.05, 4.69) is 5.32 Å². The summed E-state index contributed by atoms with van der Waals surface area (Å²) in [6.45, 7) is 1.16. The Kier molecular flexibility index (Phi) is 5.88. The Balaban J connectivity index is 4.24. The van der Waals surface area contributed by atoms with Gasteiger partial charge in [0.15, 0.2) is 6.04 Å². The maximum atomic E-state index is 11.4. The van der Waals surface area contributed by atoms with Crippen molar-refractivity contribution in [1.82, 2.24) is 10.2 Å². The monoisotopic (exact) mass is 229 g/mol. The van der Waals surface area contributed by atoms with Crippen molar-refractivity contribution in [1.29, 1.82) is 5.26 Å². The average Bonchev–Trinajstić information content (AvgIpc) is 2.24. The van der Waals surface area contributed by atoms with E-state index in [9.17, 15) is 9.59 Å². The third-order valence-corrected chi connectivity index (χ3v) is 1.89. The van der Waals surface area contributed by atoms with Crippen LogP contribution in [0.15, 0.2) is 0 Å². The lowest BCUT2D eigenvalue weighted by molar-refractivity contribution is -0.140. The Hall–Kier alpha value is -1.81. The van der Waals surface area contributed by atoms with Crippen LogP contribution in [0.5, 0.6) is 0 Å². The van der Waals surface area contributed by atoms with Gasteiger partial charge in [-0.25, -0.2) is 9.59 Å². The largest absolute Gasteiger partial charge is 0.480 e. The SMILES string of the molecule is CC(C#N)CN(C)C(=O)NC(CO)C(=O)O. The molecular formula is C9H15N3O4. The normalized spacial score (nSPS) is 13.4. The van der Waals surface area contributed by atoms with Crippen LogP contribution in [-0.4, -0.2) is 53.4 Å². The molecule has 0 aromatic heterocycles. The van der Waals surface area contributed by atoms with Crippen molar-refractivity contribution in [2.75, 3.05) is 20.2 Å². The van der Waals surface area contributed by atoms with E-state index in [0.29, 0.717) is 0 Å². The van der Waals surface area contributed by atoms with Crippen molar-refractivity contribution in [3.05, 3.63) is 0 Å². The maximum Gasteiger partial charge on any atom is 0.328 e. The van der Waals surface area contributed by atoms with Crippen molar-refractivity contribution >= 4 is 12.0 Å². The number of carbonyl (C=O) groups excluding carboxylic acids is 1. The van der Waals surface area contributed by atoms with Crippen molar-refractivity contribution in [3.8, 4) is 6.07 Å². The van der Waals surface area contributed by atoms with Crippen LogP contribution in [0.4, 0.5) is 4.79 Å². The van der Waals surface area contributed by atoms with Gasteiger partial charge >= 0.3 is 12.0 Å². The van der Waals surface area contributed by atoms with E-state index in [1.165, 1.54) is 11.9 Å². The summed E-state index contributed by atoms with van der Waals surface area (Å²) in [6, 6.07) is -0.00874. The van der Waals surface area contributed by atoms with Gasteiger partial charge in [-0.15, -0.1) is 0 Å². The number of hydrogen-bond acceptors (Lipinski definition) is 4. The van der Waals surface area contributed by atoms with Gasteiger partial charge in [-0.05, 0) is 6.92 Å². The van der Waals surface area contributed by atoms with Gasteiger partial charge in [-0.3, -0.25) is 0 Å². The molecule has 2 atom stereocenters. The van der Waals surface area contributed by atoms with E-state index < -0.39 is 24.6 Å². The third kappa shape index (κ3) is 4.61. The predicted molar refractivity (Wildman–Crippen MR) is 54.4 cm³/mol. The zero-order chi connectivity index (χ0) is 12.7. The van der Waals surface area contributed by atoms with Gasteiger partial charge in [0.05, 0.1) is 18.6 Å². The molecule has 0 aromatic carbocycles. The number of nitrogens with one attached hydrogen (secondary N) is 1. The number of carboxylic acid groups (broad SMARTS) is 1. The summed E-state index contributed by atoms with van der Waals surface area (Å²) in [6.07, 6.45) is 0. The fourth-order valence-corrected chi connectivity index (χ4v) is 0.979. The van der Waals surface area contributed by atoms with Crippen LogP contribution in [0.3, 0.4) is 0 Å². The quantitative estimate of drug-likeness (QED) is 0.573. The summed E-state index contributed by atoms with van der Waals surface area (Å²) in [5.41, 5.74) is 0. The van der Waals surface area contributed by atoms with E-state index in [-0.39, 0.29) is 12.5 Å². The highest BCUT2D eigenvalue weighted by atomic mass is 16.4. The molecule has 0 spiro atoms. The van der Waals surface area contributed by atoms with E-state index in [1.54, 1.807) is 6.92 Å². The van der Waals surface area contributed by atoms with E-state index in [0.717, 1.165) is 0 Å². The molecule has 0 rings (SSSR count). The number of carbonyl (C=O) groups is 2. The molecule has 0 heterocycles. The number of aliphatic hydroxyl groups is 1. The number of amides is 2. The molecule has 7 heteroatoms. The number of carboxylic acids is 1. The van der Waals surface area contributed by atoms with Gasteiger partial charge in [0.2, 0.25) is 0 Å². The predicted octanol–water partition coefficient (Wildman–Crippen LogP) is -0.767. The van der Waals surface area contributed by atoms with E-state index >= 15 is 0 Å². The number of hydrogen-bond donors (Lipinski definition) is 3. The number of nitrogens with zero attached hydrogens (tertiary/aromatic N) is 2. The molecule has 0 aliphatic carbocycles. The molecular weight excluding hydrogens is 214 g/mol. The lowest BCUT2D eigenvalue weighted by Crippen LogP contribution is -2.49. The highest BCUT2D eigenvalue weighted by Crippen LogP contribution is 1.97. The molecule has 90 valence electrons. The summed E-state index contributed by atoms with van der Waals surface area (Å²) >= 11 is 0. The molecule has 0 aliphatic rings. The Morgan fingerprint density at radius 2 is 2.12 bits per heavy atom. The lowest BCUT2D eigenvalue weighted by Gasteiger charge is -2.21. The van der Waals surface area contributed by atoms with Gasteiger partial charge in [0.1, 0.15) is 0 Å². The molecule has 16 heavy (non-hydrogen) atoms. The lowest BCUT2D eigenvalue weighted by atomic mass is 10.2. The van der Waals surface area contributed by atoms with Gasteiger partial charge < -0.3 is 20.4 Å². The molecule has 3 N–H and O–H groups in total.